The van der Waals surface area contributed by atoms with E-state index >= 15 is 0 Å². The number of terminal acetylenes is 1. The van der Waals surface area contributed by atoms with Gasteiger partial charge in [0.25, 0.3) is 15.9 Å². The molecule has 3 aromatic rings. The average molecular weight is 676 g/mol. The predicted octanol–water partition coefficient (Wildman–Crippen LogP) is 4.82. The Hall–Kier alpha value is -4.25. The van der Waals surface area contributed by atoms with Gasteiger partial charge in [-0.15, -0.1) is 6.42 Å². The number of sulfonamides is 1. The molecule has 2 aliphatic rings. The molecule has 46 heavy (non-hydrogen) atoms. The molecule has 5 rings (SSSR count). The van der Waals surface area contributed by atoms with Crippen LogP contribution in [0.25, 0.3) is 0 Å². The van der Waals surface area contributed by atoms with Gasteiger partial charge in [0.1, 0.15) is 11.4 Å². The van der Waals surface area contributed by atoms with E-state index in [2.05, 4.69) is 16.6 Å². The minimum atomic E-state index is -4.72. The highest BCUT2D eigenvalue weighted by Gasteiger charge is 2.52. The maximum Gasteiger partial charge on any atom is 0.416 e. The van der Waals surface area contributed by atoms with Gasteiger partial charge < -0.3 is 20.5 Å². The molecule has 0 bridgehead atoms. The van der Waals surface area contributed by atoms with Crippen LogP contribution in [0.1, 0.15) is 58.8 Å². The molecule has 9 nitrogen and oxygen atoms in total. The van der Waals surface area contributed by atoms with E-state index in [1.54, 1.807) is 6.07 Å². The van der Waals surface area contributed by atoms with Crippen molar-refractivity contribution in [2.75, 3.05) is 24.0 Å². The molecular weight excluding hydrogens is 647 g/mol. The van der Waals surface area contributed by atoms with Gasteiger partial charge in [-0.2, -0.15) is 13.2 Å². The van der Waals surface area contributed by atoms with Crippen LogP contribution in [0.4, 0.5) is 18.9 Å². The number of alkyl halides is 3. The summed E-state index contributed by atoms with van der Waals surface area (Å²) in [6, 6.07) is 11.4. The van der Waals surface area contributed by atoms with E-state index in [0.717, 1.165) is 18.2 Å². The minimum absolute atomic E-state index is 0.00976. The third kappa shape index (κ3) is 7.09. The molecule has 3 N–H and O–H groups in total. The molecule has 0 unspecified atom stereocenters. The molecule has 1 atom stereocenters. The SMILES string of the molecule is C#Cc1cccc(S(=O)(=O)N2CC3(CC3)Oc3ccc(C(=O)N[C@@H](CC(=O)NCCCO)c4cc(C(F)(F)F)ccc4Cl)cc32)c1. The maximum atomic E-state index is 13.9. The van der Waals surface area contributed by atoms with Crippen molar-refractivity contribution in [2.45, 2.75) is 48.4 Å². The second kappa shape index (κ2) is 12.9. The molecule has 0 radical (unpaired) electrons. The van der Waals surface area contributed by atoms with E-state index in [-0.39, 0.29) is 58.6 Å². The Labute approximate surface area is 268 Å². The van der Waals surface area contributed by atoms with Gasteiger partial charge in [-0.05, 0) is 79.4 Å². The molecule has 0 saturated heterocycles. The van der Waals surface area contributed by atoms with Gasteiger partial charge in [-0.25, -0.2) is 8.42 Å². The molecule has 1 fully saturated rings. The van der Waals surface area contributed by atoms with E-state index in [0.29, 0.717) is 18.4 Å². The van der Waals surface area contributed by atoms with Gasteiger partial charge in [0.2, 0.25) is 5.91 Å². The fraction of sp³-hybridized carbons (Fsp3) is 0.312. The van der Waals surface area contributed by atoms with Crippen LogP contribution >= 0.6 is 11.6 Å². The van der Waals surface area contributed by atoms with Crippen molar-refractivity contribution in [3.8, 4) is 18.1 Å². The number of hydrogen-bond donors (Lipinski definition) is 3. The molecule has 242 valence electrons. The molecule has 1 heterocycles. The van der Waals surface area contributed by atoms with Crippen molar-refractivity contribution in [1.82, 2.24) is 10.6 Å². The topological polar surface area (TPSA) is 125 Å². The number of anilines is 1. The number of nitrogens with one attached hydrogen (secondary N) is 2. The first kappa shape index (κ1) is 33.1. The lowest BCUT2D eigenvalue weighted by atomic mass is 9.99. The first-order valence-corrected chi connectivity index (χ1v) is 16.1. The molecule has 14 heteroatoms. The zero-order chi connectivity index (χ0) is 33.3. The summed E-state index contributed by atoms with van der Waals surface area (Å²) in [7, 11) is -4.17. The quantitative estimate of drug-likeness (QED) is 0.209. The normalized spacial score (nSPS) is 15.7. The fourth-order valence-corrected chi connectivity index (χ4v) is 6.91. The third-order valence-corrected chi connectivity index (χ3v) is 9.79. The number of carbonyl (C=O) groups is 2. The largest absolute Gasteiger partial charge is 0.483 e. The smallest absolute Gasteiger partial charge is 0.416 e. The van der Waals surface area contributed by atoms with Gasteiger partial charge >= 0.3 is 6.18 Å². The summed E-state index contributed by atoms with van der Waals surface area (Å²) in [5.74, 6) is 1.24. The highest BCUT2D eigenvalue weighted by molar-refractivity contribution is 7.92. The summed E-state index contributed by atoms with van der Waals surface area (Å²) >= 11 is 6.27. The van der Waals surface area contributed by atoms with E-state index < -0.39 is 51.6 Å². The number of nitrogens with zero attached hydrogens (tertiary/aromatic N) is 1. The van der Waals surface area contributed by atoms with Crippen LogP contribution in [-0.2, 0) is 21.0 Å². The van der Waals surface area contributed by atoms with Crippen molar-refractivity contribution in [1.29, 1.82) is 0 Å². The lowest BCUT2D eigenvalue weighted by Gasteiger charge is -2.36. The van der Waals surface area contributed by atoms with Crippen LogP contribution in [-0.4, -0.2) is 50.6 Å². The highest BCUT2D eigenvalue weighted by Crippen LogP contribution is 2.50. The number of fused-ring (bicyclic) bond motifs is 1. The van der Waals surface area contributed by atoms with Gasteiger partial charge in [-0.1, -0.05) is 23.6 Å². The summed E-state index contributed by atoms with van der Waals surface area (Å²) in [4.78, 5) is 26.3. The number of hydrogen-bond acceptors (Lipinski definition) is 6. The van der Waals surface area contributed by atoms with Crippen LogP contribution in [0.3, 0.4) is 0 Å². The van der Waals surface area contributed by atoms with E-state index in [1.807, 2.05) is 0 Å². The first-order valence-electron chi connectivity index (χ1n) is 14.2. The van der Waals surface area contributed by atoms with Crippen molar-refractivity contribution in [2.24, 2.45) is 0 Å². The second-order valence-corrected chi connectivity index (χ2v) is 13.3. The van der Waals surface area contributed by atoms with E-state index in [4.69, 9.17) is 27.9 Å². The number of carbonyl (C=O) groups excluding carboxylic acids is 2. The summed E-state index contributed by atoms with van der Waals surface area (Å²) < 4.78 is 75.8. The van der Waals surface area contributed by atoms with Gasteiger partial charge in [0.05, 0.1) is 35.2 Å². The Morgan fingerprint density at radius 2 is 1.89 bits per heavy atom. The van der Waals surface area contributed by atoms with Gasteiger partial charge in [0, 0.05) is 29.3 Å². The highest BCUT2D eigenvalue weighted by atomic mass is 35.5. The zero-order valence-electron chi connectivity index (χ0n) is 24.2. The van der Waals surface area contributed by atoms with Crippen LogP contribution in [0, 0.1) is 12.3 Å². The summed E-state index contributed by atoms with van der Waals surface area (Å²) in [5, 5.41) is 14.0. The van der Waals surface area contributed by atoms with Crippen molar-refractivity contribution in [3.05, 3.63) is 87.9 Å². The summed E-state index contributed by atoms with van der Waals surface area (Å²) in [6.07, 6.45) is 1.80. The Morgan fingerprint density at radius 1 is 1.13 bits per heavy atom. The molecule has 1 aliphatic heterocycles. The summed E-state index contributed by atoms with van der Waals surface area (Å²) in [6.45, 7) is -0.0947. The number of amides is 2. The standard InChI is InChI=1S/C32H29ClF3N3O6S/c1-2-20-5-3-6-23(15-20)46(43,44)39-19-31(11-12-31)45-28-10-7-21(16-27(28)39)30(42)38-26(18-29(41)37-13-4-14-40)24-17-22(32(34,35)36)8-9-25(24)33/h1,3,5-10,15-17,26,40H,4,11-14,18-19H2,(H,37,41)(H,38,42)/t26-/m0/s1. The van der Waals surface area contributed by atoms with Crippen molar-refractivity contribution < 1.29 is 41.0 Å². The number of aliphatic hydroxyl groups is 1. The number of halogens is 4. The second-order valence-electron chi connectivity index (χ2n) is 11.0. The van der Waals surface area contributed by atoms with E-state index in [1.165, 1.54) is 40.7 Å². The predicted molar refractivity (Wildman–Crippen MR) is 164 cm³/mol. The first-order chi connectivity index (χ1) is 21.8. The number of rotatable bonds is 10. The molecular formula is C32H29ClF3N3O6S. The average Bonchev–Trinajstić information content (AvgIpc) is 3.77. The van der Waals surface area contributed by atoms with Crippen LogP contribution < -0.4 is 19.7 Å². The van der Waals surface area contributed by atoms with Crippen LogP contribution in [0.5, 0.6) is 5.75 Å². The Morgan fingerprint density at radius 3 is 2.57 bits per heavy atom. The number of ether oxygens (including phenoxy) is 1. The van der Waals surface area contributed by atoms with Crippen LogP contribution in [0.2, 0.25) is 5.02 Å². The monoisotopic (exact) mass is 675 g/mol. The van der Waals surface area contributed by atoms with Gasteiger partial charge in [0.15, 0.2) is 0 Å². The van der Waals surface area contributed by atoms with Crippen LogP contribution in [0.15, 0.2) is 65.6 Å². The molecule has 1 spiro atoms. The van der Waals surface area contributed by atoms with E-state index in [9.17, 15) is 31.2 Å². The lowest BCUT2D eigenvalue weighted by Crippen LogP contribution is -2.45. The third-order valence-electron chi connectivity index (χ3n) is 7.70. The Balaban J connectivity index is 1.49. The zero-order valence-corrected chi connectivity index (χ0v) is 25.8. The Kier molecular flexibility index (Phi) is 9.26. The Bertz CT molecular complexity index is 1820. The lowest BCUT2D eigenvalue weighted by molar-refractivity contribution is -0.137. The molecule has 3 aromatic carbocycles. The number of benzene rings is 3. The molecule has 2 amide bonds. The summed E-state index contributed by atoms with van der Waals surface area (Å²) in [5.41, 5.74) is -1.46. The maximum absolute atomic E-state index is 13.9. The number of aliphatic hydroxyl groups excluding tert-OH is 1. The fourth-order valence-electron chi connectivity index (χ4n) is 5.07. The van der Waals surface area contributed by atoms with Crippen molar-refractivity contribution >= 4 is 39.1 Å². The van der Waals surface area contributed by atoms with Gasteiger partial charge in [-0.3, -0.25) is 13.9 Å². The minimum Gasteiger partial charge on any atom is -0.483 e. The molecule has 0 aromatic heterocycles. The molecule has 1 saturated carbocycles. The van der Waals surface area contributed by atoms with Crippen molar-refractivity contribution in [3.63, 3.8) is 0 Å². The molecule has 1 aliphatic carbocycles.